The van der Waals surface area contributed by atoms with Crippen molar-refractivity contribution < 1.29 is 9.18 Å². The van der Waals surface area contributed by atoms with Crippen molar-refractivity contribution in [1.82, 2.24) is 15.1 Å². The Labute approximate surface area is 110 Å². The molecule has 0 bridgehead atoms. The van der Waals surface area contributed by atoms with Gasteiger partial charge < -0.3 is 11.1 Å². The van der Waals surface area contributed by atoms with E-state index in [-0.39, 0.29) is 11.6 Å². The SMILES string of the molecule is Cc1nn(C)cc1CNC(=O)c1ccc(F)c(N)c1. The zero-order chi connectivity index (χ0) is 14.0. The Hall–Kier alpha value is -2.37. The lowest BCUT2D eigenvalue weighted by atomic mass is 10.1. The van der Waals surface area contributed by atoms with Crippen LogP contribution in [0.4, 0.5) is 10.1 Å². The van der Waals surface area contributed by atoms with Crippen LogP contribution < -0.4 is 11.1 Å². The number of amides is 1. The highest BCUT2D eigenvalue weighted by Crippen LogP contribution is 2.12. The van der Waals surface area contributed by atoms with Crippen LogP contribution in [0, 0.1) is 12.7 Å². The van der Waals surface area contributed by atoms with Gasteiger partial charge in [0.2, 0.25) is 0 Å². The number of halogens is 1. The van der Waals surface area contributed by atoms with E-state index in [0.29, 0.717) is 12.1 Å². The standard InChI is InChI=1S/C13H15FN4O/c1-8-10(7-18(2)17-8)6-16-13(19)9-3-4-11(14)12(15)5-9/h3-5,7H,6,15H2,1-2H3,(H,16,19). The van der Waals surface area contributed by atoms with Crippen molar-refractivity contribution in [2.45, 2.75) is 13.5 Å². The third-order valence-electron chi connectivity index (χ3n) is 2.81. The van der Waals surface area contributed by atoms with Crippen LogP contribution in [0.5, 0.6) is 0 Å². The number of nitrogens with zero attached hydrogens (tertiary/aromatic N) is 2. The Morgan fingerprint density at radius 2 is 2.26 bits per heavy atom. The third-order valence-corrected chi connectivity index (χ3v) is 2.81. The Morgan fingerprint density at radius 3 is 2.84 bits per heavy atom. The topological polar surface area (TPSA) is 72.9 Å². The average molecular weight is 262 g/mol. The van der Waals surface area contributed by atoms with Gasteiger partial charge in [0.15, 0.2) is 0 Å². The summed E-state index contributed by atoms with van der Waals surface area (Å²) in [5.74, 6) is -0.824. The predicted octanol–water partition coefficient (Wildman–Crippen LogP) is 1.38. The number of aryl methyl sites for hydroxylation is 2. The first-order valence-electron chi connectivity index (χ1n) is 5.79. The van der Waals surface area contributed by atoms with Crippen molar-refractivity contribution in [2.75, 3.05) is 5.73 Å². The van der Waals surface area contributed by atoms with E-state index < -0.39 is 5.82 Å². The zero-order valence-corrected chi connectivity index (χ0v) is 10.8. The second-order valence-corrected chi connectivity index (χ2v) is 4.33. The van der Waals surface area contributed by atoms with Gasteiger partial charge in [-0.05, 0) is 25.1 Å². The number of nitrogens with one attached hydrogen (secondary N) is 1. The Balaban J connectivity index is 2.05. The van der Waals surface area contributed by atoms with Gasteiger partial charge in [0.25, 0.3) is 5.91 Å². The first kappa shape index (κ1) is 13.1. The van der Waals surface area contributed by atoms with Crippen LogP contribution in [-0.4, -0.2) is 15.7 Å². The molecule has 0 aliphatic carbocycles. The van der Waals surface area contributed by atoms with E-state index in [1.807, 2.05) is 20.2 Å². The first-order chi connectivity index (χ1) is 8.97. The number of hydrogen-bond donors (Lipinski definition) is 2. The minimum atomic E-state index is -0.528. The van der Waals surface area contributed by atoms with Crippen molar-refractivity contribution >= 4 is 11.6 Å². The molecular formula is C13H15FN4O. The second kappa shape index (κ2) is 5.09. The molecule has 6 heteroatoms. The summed E-state index contributed by atoms with van der Waals surface area (Å²) in [6.45, 7) is 2.24. The molecule has 1 amide bonds. The van der Waals surface area contributed by atoms with Crippen LogP contribution in [0.25, 0.3) is 0 Å². The fourth-order valence-electron chi connectivity index (χ4n) is 1.78. The minimum absolute atomic E-state index is 0.0368. The molecule has 0 spiro atoms. The monoisotopic (exact) mass is 262 g/mol. The largest absolute Gasteiger partial charge is 0.396 e. The first-order valence-corrected chi connectivity index (χ1v) is 5.79. The molecule has 0 fully saturated rings. The highest BCUT2D eigenvalue weighted by atomic mass is 19.1. The van der Waals surface area contributed by atoms with Gasteiger partial charge in [0.05, 0.1) is 11.4 Å². The lowest BCUT2D eigenvalue weighted by Crippen LogP contribution is -2.23. The maximum Gasteiger partial charge on any atom is 0.251 e. The molecule has 100 valence electrons. The molecule has 0 aliphatic rings. The van der Waals surface area contributed by atoms with Crippen LogP contribution in [-0.2, 0) is 13.6 Å². The molecule has 1 aromatic carbocycles. The van der Waals surface area contributed by atoms with Gasteiger partial charge in [-0.25, -0.2) is 4.39 Å². The molecule has 1 heterocycles. The van der Waals surface area contributed by atoms with Crippen LogP contribution >= 0.6 is 0 Å². The van der Waals surface area contributed by atoms with Crippen molar-refractivity contribution in [2.24, 2.45) is 7.05 Å². The summed E-state index contributed by atoms with van der Waals surface area (Å²) in [4.78, 5) is 11.9. The third kappa shape index (κ3) is 2.90. The van der Waals surface area contributed by atoms with E-state index in [1.165, 1.54) is 18.2 Å². The number of rotatable bonds is 3. The normalized spacial score (nSPS) is 10.5. The minimum Gasteiger partial charge on any atom is -0.396 e. The van der Waals surface area contributed by atoms with Gasteiger partial charge in [-0.3, -0.25) is 9.48 Å². The molecule has 0 saturated heterocycles. The average Bonchev–Trinajstić information content (AvgIpc) is 2.68. The maximum atomic E-state index is 13.0. The van der Waals surface area contributed by atoms with Gasteiger partial charge >= 0.3 is 0 Å². The van der Waals surface area contributed by atoms with Crippen molar-refractivity contribution in [3.63, 3.8) is 0 Å². The van der Waals surface area contributed by atoms with E-state index >= 15 is 0 Å². The molecule has 1 aromatic heterocycles. The Kier molecular flexibility index (Phi) is 3.50. The number of aromatic nitrogens is 2. The van der Waals surface area contributed by atoms with Gasteiger partial charge in [0, 0.05) is 30.9 Å². The van der Waals surface area contributed by atoms with Crippen LogP contribution in [0.2, 0.25) is 0 Å². The summed E-state index contributed by atoms with van der Waals surface area (Å²) in [7, 11) is 1.82. The molecule has 0 unspecified atom stereocenters. The number of nitrogen functional groups attached to an aromatic ring is 1. The molecule has 0 atom stereocenters. The highest BCUT2D eigenvalue weighted by molar-refractivity contribution is 5.94. The molecule has 2 rings (SSSR count). The second-order valence-electron chi connectivity index (χ2n) is 4.33. The zero-order valence-electron chi connectivity index (χ0n) is 10.8. The number of hydrogen-bond acceptors (Lipinski definition) is 3. The van der Waals surface area contributed by atoms with Crippen molar-refractivity contribution in [3.05, 3.63) is 47.0 Å². The van der Waals surface area contributed by atoms with E-state index in [4.69, 9.17) is 5.73 Å². The predicted molar refractivity (Wildman–Crippen MR) is 69.9 cm³/mol. The van der Waals surface area contributed by atoms with Crippen LogP contribution in [0.15, 0.2) is 24.4 Å². The Morgan fingerprint density at radius 1 is 1.53 bits per heavy atom. The van der Waals surface area contributed by atoms with Gasteiger partial charge in [-0.2, -0.15) is 5.10 Å². The van der Waals surface area contributed by atoms with E-state index in [0.717, 1.165) is 11.3 Å². The molecule has 19 heavy (non-hydrogen) atoms. The summed E-state index contributed by atoms with van der Waals surface area (Å²) in [6, 6.07) is 3.90. The highest BCUT2D eigenvalue weighted by Gasteiger charge is 2.09. The summed E-state index contributed by atoms with van der Waals surface area (Å²) in [5.41, 5.74) is 7.52. The van der Waals surface area contributed by atoms with Crippen LogP contribution in [0.1, 0.15) is 21.6 Å². The van der Waals surface area contributed by atoms with E-state index in [9.17, 15) is 9.18 Å². The molecule has 0 saturated carbocycles. The summed E-state index contributed by atoms with van der Waals surface area (Å²) in [6.07, 6.45) is 1.84. The Bertz CT molecular complexity index is 621. The van der Waals surface area contributed by atoms with Gasteiger partial charge in [-0.15, -0.1) is 0 Å². The van der Waals surface area contributed by atoms with Crippen molar-refractivity contribution in [1.29, 1.82) is 0 Å². The number of carbonyl (C=O) groups is 1. The number of benzene rings is 1. The van der Waals surface area contributed by atoms with E-state index in [1.54, 1.807) is 4.68 Å². The molecule has 0 radical (unpaired) electrons. The summed E-state index contributed by atoms with van der Waals surface area (Å²) < 4.78 is 14.7. The van der Waals surface area contributed by atoms with Gasteiger partial charge in [0.1, 0.15) is 5.82 Å². The number of anilines is 1. The summed E-state index contributed by atoms with van der Waals surface area (Å²) in [5, 5.41) is 6.93. The summed E-state index contributed by atoms with van der Waals surface area (Å²) >= 11 is 0. The fourth-order valence-corrected chi connectivity index (χ4v) is 1.78. The fraction of sp³-hybridized carbons (Fsp3) is 0.231. The number of carbonyl (C=O) groups excluding carboxylic acids is 1. The quantitative estimate of drug-likeness (QED) is 0.821. The molecular weight excluding hydrogens is 247 g/mol. The molecule has 2 aromatic rings. The van der Waals surface area contributed by atoms with Gasteiger partial charge in [-0.1, -0.05) is 0 Å². The number of nitrogens with two attached hydrogens (primary N) is 1. The maximum absolute atomic E-state index is 13.0. The lowest BCUT2D eigenvalue weighted by molar-refractivity contribution is 0.0951. The van der Waals surface area contributed by atoms with Crippen LogP contribution in [0.3, 0.4) is 0 Å². The molecule has 3 N–H and O–H groups in total. The molecule has 0 aliphatic heterocycles. The van der Waals surface area contributed by atoms with E-state index in [2.05, 4.69) is 10.4 Å². The van der Waals surface area contributed by atoms with Crippen molar-refractivity contribution in [3.8, 4) is 0 Å². The molecule has 5 nitrogen and oxygen atoms in total. The smallest absolute Gasteiger partial charge is 0.251 e. The lowest BCUT2D eigenvalue weighted by Gasteiger charge is -2.05.